The summed E-state index contributed by atoms with van der Waals surface area (Å²) in [6.45, 7) is 0. The molecule has 0 N–H and O–H groups in total. The van der Waals surface area contributed by atoms with E-state index in [1.54, 1.807) is 25.7 Å². The number of pyridine rings is 1. The Balaban J connectivity index is 2.17. The Morgan fingerprint density at radius 1 is 1.25 bits per heavy atom. The summed E-state index contributed by atoms with van der Waals surface area (Å²) in [4.78, 5) is 8.35. The first-order chi connectivity index (χ1) is 7.88. The van der Waals surface area contributed by atoms with Gasteiger partial charge in [-0.1, -0.05) is 12.1 Å². The lowest BCUT2D eigenvalue weighted by atomic mass is 10.3. The summed E-state index contributed by atoms with van der Waals surface area (Å²) in [6.07, 6.45) is 5.29. The molecule has 1 aromatic carbocycles. The molecule has 0 aliphatic rings. The largest absolute Gasteiger partial charge is 0.497 e. The molecule has 3 heteroatoms. The SMILES string of the molecule is COc1cccc(/N=C/c2cccnc2)c1. The lowest BCUT2D eigenvalue weighted by Crippen LogP contribution is -1.82. The van der Waals surface area contributed by atoms with Crippen LogP contribution in [0.4, 0.5) is 5.69 Å². The molecule has 3 nitrogen and oxygen atoms in total. The van der Waals surface area contributed by atoms with Gasteiger partial charge in [-0.3, -0.25) is 9.98 Å². The number of ether oxygens (including phenoxy) is 1. The lowest BCUT2D eigenvalue weighted by molar-refractivity contribution is 0.415. The second-order valence-electron chi connectivity index (χ2n) is 3.25. The summed E-state index contributed by atoms with van der Waals surface area (Å²) in [7, 11) is 1.64. The van der Waals surface area contributed by atoms with Crippen molar-refractivity contribution in [1.29, 1.82) is 0 Å². The predicted molar refractivity (Wildman–Crippen MR) is 64.5 cm³/mol. The van der Waals surface area contributed by atoms with Crippen molar-refractivity contribution in [3.63, 3.8) is 0 Å². The summed E-state index contributed by atoms with van der Waals surface area (Å²) < 4.78 is 5.12. The molecule has 2 aromatic rings. The number of aliphatic imine (C=N–C) groups is 1. The van der Waals surface area contributed by atoms with Crippen LogP contribution in [0.15, 0.2) is 53.8 Å². The summed E-state index contributed by atoms with van der Waals surface area (Å²) in [6, 6.07) is 11.4. The Bertz CT molecular complexity index is 480. The second kappa shape index (κ2) is 5.07. The summed E-state index contributed by atoms with van der Waals surface area (Å²) >= 11 is 0. The number of methoxy groups -OCH3 is 1. The zero-order valence-electron chi connectivity index (χ0n) is 9.00. The molecule has 0 amide bonds. The van der Waals surface area contributed by atoms with Gasteiger partial charge in [-0.2, -0.15) is 0 Å². The first kappa shape index (κ1) is 10.4. The van der Waals surface area contributed by atoms with Crippen molar-refractivity contribution in [2.45, 2.75) is 0 Å². The third-order valence-electron chi connectivity index (χ3n) is 2.10. The lowest BCUT2D eigenvalue weighted by Gasteiger charge is -1.99. The van der Waals surface area contributed by atoms with Crippen LogP contribution in [-0.2, 0) is 0 Å². The first-order valence-corrected chi connectivity index (χ1v) is 4.96. The van der Waals surface area contributed by atoms with E-state index in [-0.39, 0.29) is 0 Å². The van der Waals surface area contributed by atoms with Crippen LogP contribution in [0.2, 0.25) is 0 Å². The van der Waals surface area contributed by atoms with Gasteiger partial charge in [0.15, 0.2) is 0 Å². The molecule has 0 saturated carbocycles. The Labute approximate surface area is 94.4 Å². The molecule has 0 bridgehead atoms. The zero-order valence-corrected chi connectivity index (χ0v) is 9.00. The zero-order chi connectivity index (χ0) is 11.2. The van der Waals surface area contributed by atoms with E-state index in [1.165, 1.54) is 0 Å². The van der Waals surface area contributed by atoms with Crippen LogP contribution < -0.4 is 4.74 Å². The third kappa shape index (κ3) is 2.67. The molecule has 0 aliphatic carbocycles. The summed E-state index contributed by atoms with van der Waals surface area (Å²) in [5, 5.41) is 0. The topological polar surface area (TPSA) is 34.5 Å². The Hall–Kier alpha value is -2.16. The number of nitrogens with zero attached hydrogens (tertiary/aromatic N) is 2. The van der Waals surface area contributed by atoms with Crippen LogP contribution in [-0.4, -0.2) is 18.3 Å². The monoisotopic (exact) mass is 212 g/mol. The number of benzene rings is 1. The van der Waals surface area contributed by atoms with E-state index in [0.29, 0.717) is 0 Å². The fourth-order valence-corrected chi connectivity index (χ4v) is 1.29. The quantitative estimate of drug-likeness (QED) is 0.733. The number of hydrogen-bond donors (Lipinski definition) is 0. The minimum Gasteiger partial charge on any atom is -0.497 e. The van der Waals surface area contributed by atoms with E-state index < -0.39 is 0 Å². The van der Waals surface area contributed by atoms with Gasteiger partial charge in [-0.05, 0) is 18.2 Å². The fourth-order valence-electron chi connectivity index (χ4n) is 1.29. The van der Waals surface area contributed by atoms with Crippen molar-refractivity contribution >= 4 is 11.9 Å². The van der Waals surface area contributed by atoms with Crippen LogP contribution in [0.1, 0.15) is 5.56 Å². The molecular formula is C13H12N2O. The maximum Gasteiger partial charge on any atom is 0.121 e. The number of aromatic nitrogens is 1. The van der Waals surface area contributed by atoms with Crippen LogP contribution in [0, 0.1) is 0 Å². The van der Waals surface area contributed by atoms with E-state index >= 15 is 0 Å². The highest BCUT2D eigenvalue weighted by Crippen LogP contribution is 2.19. The van der Waals surface area contributed by atoms with E-state index in [1.807, 2.05) is 36.4 Å². The first-order valence-electron chi connectivity index (χ1n) is 4.96. The van der Waals surface area contributed by atoms with Crippen LogP contribution in [0.25, 0.3) is 0 Å². The third-order valence-corrected chi connectivity index (χ3v) is 2.10. The molecule has 0 saturated heterocycles. The molecule has 0 atom stereocenters. The maximum atomic E-state index is 5.12. The van der Waals surface area contributed by atoms with Crippen molar-refractivity contribution in [2.24, 2.45) is 4.99 Å². The number of hydrogen-bond acceptors (Lipinski definition) is 3. The average molecular weight is 212 g/mol. The summed E-state index contributed by atoms with van der Waals surface area (Å²) in [5.41, 5.74) is 1.84. The fraction of sp³-hybridized carbons (Fsp3) is 0.0769. The Kier molecular flexibility index (Phi) is 3.28. The molecule has 0 fully saturated rings. The van der Waals surface area contributed by atoms with Crippen molar-refractivity contribution < 1.29 is 4.74 Å². The van der Waals surface area contributed by atoms with Gasteiger partial charge < -0.3 is 4.74 Å². The maximum absolute atomic E-state index is 5.12. The highest BCUT2D eigenvalue weighted by molar-refractivity contribution is 5.81. The van der Waals surface area contributed by atoms with Gasteiger partial charge >= 0.3 is 0 Å². The Morgan fingerprint density at radius 2 is 2.19 bits per heavy atom. The van der Waals surface area contributed by atoms with E-state index in [4.69, 9.17) is 4.74 Å². The smallest absolute Gasteiger partial charge is 0.121 e. The summed E-state index contributed by atoms with van der Waals surface area (Å²) in [5.74, 6) is 0.806. The van der Waals surface area contributed by atoms with Gasteiger partial charge in [0.05, 0.1) is 12.8 Å². The molecule has 16 heavy (non-hydrogen) atoms. The highest BCUT2D eigenvalue weighted by Gasteiger charge is 1.92. The second-order valence-corrected chi connectivity index (χ2v) is 3.25. The number of rotatable bonds is 3. The normalized spacial score (nSPS) is 10.6. The van der Waals surface area contributed by atoms with Crippen LogP contribution in [0.5, 0.6) is 5.75 Å². The molecule has 0 aliphatic heterocycles. The van der Waals surface area contributed by atoms with Gasteiger partial charge in [0.25, 0.3) is 0 Å². The van der Waals surface area contributed by atoms with Gasteiger partial charge in [-0.15, -0.1) is 0 Å². The molecular weight excluding hydrogens is 200 g/mol. The van der Waals surface area contributed by atoms with Gasteiger partial charge in [-0.25, -0.2) is 0 Å². The van der Waals surface area contributed by atoms with E-state index in [0.717, 1.165) is 17.0 Å². The molecule has 80 valence electrons. The Morgan fingerprint density at radius 3 is 2.94 bits per heavy atom. The molecule has 0 spiro atoms. The van der Waals surface area contributed by atoms with Gasteiger partial charge in [0, 0.05) is 30.2 Å². The van der Waals surface area contributed by atoms with Crippen molar-refractivity contribution in [2.75, 3.05) is 7.11 Å². The van der Waals surface area contributed by atoms with Crippen LogP contribution >= 0.6 is 0 Å². The van der Waals surface area contributed by atoms with Gasteiger partial charge in [0.1, 0.15) is 5.75 Å². The standard InChI is InChI=1S/C13H12N2O/c1-16-13-6-2-5-12(8-13)15-10-11-4-3-7-14-9-11/h2-10H,1H3/b15-10+. The predicted octanol–water partition coefficient (Wildman–Crippen LogP) is 2.84. The molecule has 1 heterocycles. The van der Waals surface area contributed by atoms with E-state index in [2.05, 4.69) is 9.98 Å². The van der Waals surface area contributed by atoms with Crippen LogP contribution in [0.3, 0.4) is 0 Å². The van der Waals surface area contributed by atoms with E-state index in [9.17, 15) is 0 Å². The molecule has 0 unspecified atom stereocenters. The molecule has 1 aromatic heterocycles. The molecule has 0 radical (unpaired) electrons. The van der Waals surface area contributed by atoms with Crippen molar-refractivity contribution in [3.05, 3.63) is 54.4 Å². The van der Waals surface area contributed by atoms with Crippen molar-refractivity contribution in [3.8, 4) is 5.75 Å². The van der Waals surface area contributed by atoms with Crippen molar-refractivity contribution in [1.82, 2.24) is 4.98 Å². The average Bonchev–Trinajstić information content (AvgIpc) is 2.38. The highest BCUT2D eigenvalue weighted by atomic mass is 16.5. The minimum absolute atomic E-state index is 0.806. The minimum atomic E-state index is 0.806. The van der Waals surface area contributed by atoms with Gasteiger partial charge in [0.2, 0.25) is 0 Å². The molecule has 2 rings (SSSR count).